The Morgan fingerprint density at radius 2 is 2.09 bits per heavy atom. The lowest BCUT2D eigenvalue weighted by atomic mass is 10.1. The highest BCUT2D eigenvalue weighted by molar-refractivity contribution is 14.1. The summed E-state index contributed by atoms with van der Waals surface area (Å²) < 4.78 is -0.00690. The Hall–Kier alpha value is 0.360. The van der Waals surface area contributed by atoms with Gasteiger partial charge in [-0.15, -0.1) is 0 Å². The molecular formula is C8H16INO. The van der Waals surface area contributed by atoms with Crippen LogP contribution in [0.5, 0.6) is 0 Å². The van der Waals surface area contributed by atoms with Crippen molar-refractivity contribution in [2.24, 2.45) is 5.92 Å². The standard InChI is InChI=1S/C8H16INO/c1-4-5-10-8(9)7(11)6(2)3/h6,8,10H,4-5H2,1-3H3. The number of Topliss-reactive ketones (excluding diaryl/α,β-unsaturated/α-hetero) is 1. The molecule has 0 saturated heterocycles. The number of hydrogen-bond acceptors (Lipinski definition) is 2. The third kappa shape index (κ3) is 4.74. The molecule has 0 amide bonds. The molecule has 0 heterocycles. The highest BCUT2D eigenvalue weighted by atomic mass is 127. The Bertz CT molecular complexity index is 125. The van der Waals surface area contributed by atoms with Crippen LogP contribution >= 0.6 is 22.6 Å². The molecule has 0 fully saturated rings. The van der Waals surface area contributed by atoms with E-state index >= 15 is 0 Å². The summed E-state index contributed by atoms with van der Waals surface area (Å²) >= 11 is 2.15. The molecule has 11 heavy (non-hydrogen) atoms. The quantitative estimate of drug-likeness (QED) is 0.469. The van der Waals surface area contributed by atoms with E-state index in [1.54, 1.807) is 0 Å². The van der Waals surface area contributed by atoms with Crippen LogP contribution in [-0.4, -0.2) is 16.4 Å². The van der Waals surface area contributed by atoms with Crippen molar-refractivity contribution in [1.29, 1.82) is 0 Å². The highest BCUT2D eigenvalue weighted by Gasteiger charge is 2.16. The van der Waals surface area contributed by atoms with Crippen molar-refractivity contribution >= 4 is 28.4 Å². The van der Waals surface area contributed by atoms with Crippen molar-refractivity contribution < 1.29 is 4.79 Å². The van der Waals surface area contributed by atoms with E-state index in [1.807, 2.05) is 13.8 Å². The van der Waals surface area contributed by atoms with Gasteiger partial charge >= 0.3 is 0 Å². The van der Waals surface area contributed by atoms with E-state index in [2.05, 4.69) is 34.8 Å². The van der Waals surface area contributed by atoms with Crippen LogP contribution in [0.25, 0.3) is 0 Å². The van der Waals surface area contributed by atoms with Gasteiger partial charge in [-0.1, -0.05) is 43.4 Å². The van der Waals surface area contributed by atoms with Crippen LogP contribution in [0.3, 0.4) is 0 Å². The van der Waals surface area contributed by atoms with E-state index in [1.165, 1.54) is 0 Å². The normalized spacial score (nSPS) is 13.5. The molecule has 0 aromatic rings. The van der Waals surface area contributed by atoms with Gasteiger partial charge in [0, 0.05) is 5.92 Å². The first-order chi connectivity index (χ1) is 5.09. The van der Waals surface area contributed by atoms with Gasteiger partial charge in [0.15, 0.2) is 5.78 Å². The number of rotatable bonds is 5. The molecule has 0 aromatic heterocycles. The topological polar surface area (TPSA) is 29.1 Å². The third-order valence-electron chi connectivity index (χ3n) is 1.39. The number of carbonyl (C=O) groups excluding carboxylic acids is 1. The number of hydrogen-bond donors (Lipinski definition) is 1. The van der Waals surface area contributed by atoms with E-state index in [9.17, 15) is 4.79 Å². The van der Waals surface area contributed by atoms with Gasteiger partial charge in [0.2, 0.25) is 0 Å². The zero-order valence-electron chi connectivity index (χ0n) is 7.36. The van der Waals surface area contributed by atoms with Gasteiger partial charge in [0.05, 0.1) is 0 Å². The average molecular weight is 269 g/mol. The fraction of sp³-hybridized carbons (Fsp3) is 0.875. The van der Waals surface area contributed by atoms with E-state index in [0.717, 1.165) is 13.0 Å². The van der Waals surface area contributed by atoms with Gasteiger partial charge in [-0.25, -0.2) is 0 Å². The molecule has 1 N–H and O–H groups in total. The summed E-state index contributed by atoms with van der Waals surface area (Å²) in [7, 11) is 0. The van der Waals surface area contributed by atoms with Gasteiger partial charge in [0.1, 0.15) is 4.05 Å². The molecule has 0 aliphatic rings. The fourth-order valence-electron chi connectivity index (χ4n) is 0.664. The Kier molecular flexibility index (Phi) is 6.14. The van der Waals surface area contributed by atoms with Crippen LogP contribution in [0.1, 0.15) is 27.2 Å². The summed E-state index contributed by atoms with van der Waals surface area (Å²) in [5, 5.41) is 3.15. The number of ketones is 1. The zero-order valence-corrected chi connectivity index (χ0v) is 9.51. The molecule has 3 heteroatoms. The van der Waals surface area contributed by atoms with Crippen LogP contribution in [-0.2, 0) is 4.79 Å². The molecule has 1 atom stereocenters. The molecule has 0 spiro atoms. The predicted octanol–water partition coefficient (Wildman–Crippen LogP) is 1.97. The van der Waals surface area contributed by atoms with Gasteiger partial charge in [-0.05, 0) is 13.0 Å². The molecule has 0 rings (SSSR count). The fourth-order valence-corrected chi connectivity index (χ4v) is 1.69. The smallest absolute Gasteiger partial charge is 0.162 e. The van der Waals surface area contributed by atoms with Crippen LogP contribution < -0.4 is 5.32 Å². The second-order valence-electron chi connectivity index (χ2n) is 2.87. The first-order valence-corrected chi connectivity index (χ1v) is 5.25. The van der Waals surface area contributed by atoms with Crippen molar-refractivity contribution in [3.63, 3.8) is 0 Å². The van der Waals surface area contributed by atoms with Crippen molar-refractivity contribution in [2.45, 2.75) is 31.2 Å². The monoisotopic (exact) mass is 269 g/mol. The summed E-state index contributed by atoms with van der Waals surface area (Å²) in [4.78, 5) is 11.3. The number of halogens is 1. The van der Waals surface area contributed by atoms with Crippen LogP contribution in [0, 0.1) is 5.92 Å². The van der Waals surface area contributed by atoms with Gasteiger partial charge in [-0.3, -0.25) is 10.1 Å². The summed E-state index contributed by atoms with van der Waals surface area (Å²) in [6.07, 6.45) is 1.07. The largest absolute Gasteiger partial charge is 0.299 e. The molecule has 0 aliphatic heterocycles. The van der Waals surface area contributed by atoms with Crippen LogP contribution in [0.4, 0.5) is 0 Å². The SMILES string of the molecule is CCCNC(I)C(=O)C(C)C. The van der Waals surface area contributed by atoms with Crippen molar-refractivity contribution in [3.05, 3.63) is 0 Å². The van der Waals surface area contributed by atoms with Crippen molar-refractivity contribution in [2.75, 3.05) is 6.54 Å². The molecular weight excluding hydrogens is 253 g/mol. The molecule has 1 unspecified atom stereocenters. The molecule has 0 radical (unpaired) electrons. The molecule has 66 valence electrons. The van der Waals surface area contributed by atoms with E-state index in [4.69, 9.17) is 0 Å². The summed E-state index contributed by atoms with van der Waals surface area (Å²) in [6, 6.07) is 0. The maximum atomic E-state index is 11.3. The van der Waals surface area contributed by atoms with Crippen LogP contribution in [0.2, 0.25) is 0 Å². The minimum absolute atomic E-state index is 0.00690. The lowest BCUT2D eigenvalue weighted by molar-refractivity contribution is -0.121. The maximum absolute atomic E-state index is 11.3. The molecule has 2 nitrogen and oxygen atoms in total. The summed E-state index contributed by atoms with van der Waals surface area (Å²) in [5.41, 5.74) is 0. The summed E-state index contributed by atoms with van der Waals surface area (Å²) in [6.45, 7) is 6.88. The van der Waals surface area contributed by atoms with E-state index in [0.29, 0.717) is 5.78 Å². The van der Waals surface area contributed by atoms with Gasteiger partial charge in [-0.2, -0.15) is 0 Å². The molecule has 0 saturated carbocycles. The minimum Gasteiger partial charge on any atom is -0.299 e. The van der Waals surface area contributed by atoms with Crippen LogP contribution in [0.15, 0.2) is 0 Å². The summed E-state index contributed by atoms with van der Waals surface area (Å²) in [5.74, 6) is 0.431. The molecule has 0 aromatic carbocycles. The van der Waals surface area contributed by atoms with E-state index < -0.39 is 0 Å². The second-order valence-corrected chi connectivity index (χ2v) is 4.12. The Morgan fingerprint density at radius 3 is 2.45 bits per heavy atom. The van der Waals surface area contributed by atoms with Gasteiger partial charge < -0.3 is 0 Å². The highest BCUT2D eigenvalue weighted by Crippen LogP contribution is 2.05. The van der Waals surface area contributed by atoms with Crippen molar-refractivity contribution in [3.8, 4) is 0 Å². The number of nitrogens with one attached hydrogen (secondary N) is 1. The zero-order chi connectivity index (χ0) is 8.85. The second kappa shape index (κ2) is 5.94. The molecule has 0 aliphatic carbocycles. The minimum atomic E-state index is -0.00690. The number of alkyl halides is 1. The lowest BCUT2D eigenvalue weighted by Crippen LogP contribution is -2.34. The maximum Gasteiger partial charge on any atom is 0.162 e. The lowest BCUT2D eigenvalue weighted by Gasteiger charge is -2.12. The Morgan fingerprint density at radius 1 is 1.55 bits per heavy atom. The Labute approximate surface area is 82.3 Å². The first kappa shape index (κ1) is 11.4. The first-order valence-electron chi connectivity index (χ1n) is 4.00. The van der Waals surface area contributed by atoms with E-state index in [-0.39, 0.29) is 9.97 Å². The molecule has 0 bridgehead atoms. The predicted molar refractivity (Wildman–Crippen MR) is 55.9 cm³/mol. The van der Waals surface area contributed by atoms with Gasteiger partial charge in [0.25, 0.3) is 0 Å². The van der Waals surface area contributed by atoms with Crippen molar-refractivity contribution in [1.82, 2.24) is 5.32 Å². The third-order valence-corrected chi connectivity index (χ3v) is 2.45. The average Bonchev–Trinajstić information content (AvgIpc) is 1.98. The Balaban J connectivity index is 3.64. The number of carbonyl (C=O) groups is 1.